The van der Waals surface area contributed by atoms with Crippen molar-refractivity contribution in [3.05, 3.63) is 0 Å². The van der Waals surface area contributed by atoms with Crippen LogP contribution in [-0.2, 0) is 14.3 Å². The normalized spacial score (nSPS) is 54.1. The molecule has 3 aliphatic carbocycles. The first-order valence-electron chi connectivity index (χ1n) is 8.18. The second-order valence-corrected chi connectivity index (χ2v) is 8.03. The van der Waals surface area contributed by atoms with Crippen molar-refractivity contribution in [2.75, 3.05) is 0 Å². The van der Waals surface area contributed by atoms with Gasteiger partial charge in [-0.15, -0.1) is 0 Å². The summed E-state index contributed by atoms with van der Waals surface area (Å²) in [6, 6.07) is 0. The molecule has 6 unspecified atom stereocenters. The van der Waals surface area contributed by atoms with Crippen molar-refractivity contribution in [1.82, 2.24) is 0 Å². The summed E-state index contributed by atoms with van der Waals surface area (Å²) in [6.45, 7) is 4.47. The standard InChI is InChI=1S/C17H24O3/c1-16-8-7-12-10(11(16)4-5-13(16)18)3-6-14-17(12,2)9-15(19)20-14/h10-12,14H,3-9H2,1-2H3. The molecule has 1 saturated heterocycles. The number of carbonyl (C=O) groups is 2. The van der Waals surface area contributed by atoms with Gasteiger partial charge in [0.05, 0.1) is 6.42 Å². The van der Waals surface area contributed by atoms with Gasteiger partial charge in [0.1, 0.15) is 11.9 Å². The van der Waals surface area contributed by atoms with Crippen LogP contribution in [0.2, 0.25) is 0 Å². The molecule has 3 heteroatoms. The Balaban J connectivity index is 1.68. The van der Waals surface area contributed by atoms with E-state index in [1.165, 1.54) is 0 Å². The van der Waals surface area contributed by atoms with E-state index in [4.69, 9.17) is 4.74 Å². The van der Waals surface area contributed by atoms with Crippen LogP contribution in [0, 0.1) is 28.6 Å². The van der Waals surface area contributed by atoms with E-state index >= 15 is 0 Å². The second kappa shape index (κ2) is 3.86. The van der Waals surface area contributed by atoms with Crippen molar-refractivity contribution in [2.45, 2.75) is 64.9 Å². The van der Waals surface area contributed by atoms with Crippen molar-refractivity contribution in [3.8, 4) is 0 Å². The molecule has 1 heterocycles. The number of carbonyl (C=O) groups excluding carboxylic acids is 2. The Morgan fingerprint density at radius 2 is 1.85 bits per heavy atom. The van der Waals surface area contributed by atoms with Gasteiger partial charge in [0.25, 0.3) is 0 Å². The van der Waals surface area contributed by atoms with E-state index in [1.807, 2.05) is 0 Å². The smallest absolute Gasteiger partial charge is 0.306 e. The minimum atomic E-state index is -0.0617. The fourth-order valence-corrected chi connectivity index (χ4v) is 6.14. The molecule has 4 rings (SSSR count). The van der Waals surface area contributed by atoms with Crippen LogP contribution < -0.4 is 0 Å². The number of ether oxygens (including phenoxy) is 1. The van der Waals surface area contributed by atoms with E-state index in [2.05, 4.69) is 13.8 Å². The molecule has 0 N–H and O–H groups in total. The Kier molecular flexibility index (Phi) is 2.48. The largest absolute Gasteiger partial charge is 0.462 e. The zero-order valence-electron chi connectivity index (χ0n) is 12.5. The molecule has 3 saturated carbocycles. The van der Waals surface area contributed by atoms with E-state index in [0.29, 0.717) is 30.0 Å². The Bertz CT molecular complexity index is 485. The molecule has 20 heavy (non-hydrogen) atoms. The van der Waals surface area contributed by atoms with Crippen LogP contribution in [-0.4, -0.2) is 17.9 Å². The third kappa shape index (κ3) is 1.42. The van der Waals surface area contributed by atoms with Gasteiger partial charge < -0.3 is 4.74 Å². The lowest BCUT2D eigenvalue weighted by Gasteiger charge is -2.54. The maximum atomic E-state index is 12.3. The highest BCUT2D eigenvalue weighted by Gasteiger charge is 2.62. The molecule has 0 aromatic heterocycles. The lowest BCUT2D eigenvalue weighted by atomic mass is 9.49. The topological polar surface area (TPSA) is 43.4 Å². The van der Waals surface area contributed by atoms with Crippen molar-refractivity contribution < 1.29 is 14.3 Å². The summed E-state index contributed by atoms with van der Waals surface area (Å²) >= 11 is 0. The first-order valence-corrected chi connectivity index (χ1v) is 8.18. The van der Waals surface area contributed by atoms with Crippen molar-refractivity contribution >= 4 is 11.8 Å². The maximum Gasteiger partial charge on any atom is 0.306 e. The van der Waals surface area contributed by atoms with Gasteiger partial charge >= 0.3 is 5.97 Å². The fourth-order valence-electron chi connectivity index (χ4n) is 6.14. The van der Waals surface area contributed by atoms with Gasteiger partial charge in [0.15, 0.2) is 0 Å². The van der Waals surface area contributed by atoms with Crippen LogP contribution in [0.3, 0.4) is 0 Å². The average molecular weight is 276 g/mol. The number of hydrogen-bond acceptors (Lipinski definition) is 3. The first kappa shape index (κ1) is 12.8. The van der Waals surface area contributed by atoms with Crippen molar-refractivity contribution in [3.63, 3.8) is 0 Å². The molecule has 0 amide bonds. The minimum Gasteiger partial charge on any atom is -0.462 e. The predicted octanol–water partition coefficient (Wildman–Crippen LogP) is 3.11. The predicted molar refractivity (Wildman–Crippen MR) is 73.9 cm³/mol. The Hall–Kier alpha value is -0.860. The lowest BCUT2D eigenvalue weighted by Crippen LogP contribution is -2.52. The summed E-state index contributed by atoms with van der Waals surface area (Å²) in [5, 5.41) is 0. The monoisotopic (exact) mass is 276 g/mol. The van der Waals surface area contributed by atoms with Crippen LogP contribution in [0.1, 0.15) is 58.8 Å². The first-order chi connectivity index (χ1) is 9.45. The lowest BCUT2D eigenvalue weighted by molar-refractivity contribution is -0.146. The number of Topliss-reactive ketones (excluding diaryl/α,β-unsaturated/α-hetero) is 1. The molecular weight excluding hydrogens is 252 g/mol. The Morgan fingerprint density at radius 1 is 1.05 bits per heavy atom. The highest BCUT2D eigenvalue weighted by molar-refractivity contribution is 5.87. The molecule has 0 bridgehead atoms. The number of hydrogen-bond donors (Lipinski definition) is 0. The van der Waals surface area contributed by atoms with Gasteiger partial charge in [-0.3, -0.25) is 9.59 Å². The summed E-state index contributed by atoms with van der Waals surface area (Å²) in [4.78, 5) is 24.0. The SMILES string of the molecule is CC12CCC3C(CCC4OC(=O)CC43C)C1CCC2=O. The molecule has 1 aliphatic heterocycles. The van der Waals surface area contributed by atoms with Gasteiger partial charge in [-0.2, -0.15) is 0 Å². The van der Waals surface area contributed by atoms with Crippen LogP contribution in [0.4, 0.5) is 0 Å². The van der Waals surface area contributed by atoms with Gasteiger partial charge in [0, 0.05) is 17.3 Å². The molecule has 0 aromatic carbocycles. The van der Waals surface area contributed by atoms with Gasteiger partial charge in [-0.1, -0.05) is 13.8 Å². The zero-order chi connectivity index (χ0) is 14.1. The summed E-state index contributed by atoms with van der Waals surface area (Å²) < 4.78 is 5.57. The molecule has 110 valence electrons. The summed E-state index contributed by atoms with van der Waals surface area (Å²) in [6.07, 6.45) is 6.86. The average Bonchev–Trinajstić information content (AvgIpc) is 2.86. The summed E-state index contributed by atoms with van der Waals surface area (Å²) in [5.74, 6) is 2.26. The van der Waals surface area contributed by atoms with Crippen LogP contribution in [0.25, 0.3) is 0 Å². The van der Waals surface area contributed by atoms with E-state index in [1.54, 1.807) is 0 Å². The van der Waals surface area contributed by atoms with Crippen molar-refractivity contribution in [1.29, 1.82) is 0 Å². The fraction of sp³-hybridized carbons (Fsp3) is 0.882. The van der Waals surface area contributed by atoms with Gasteiger partial charge in [-0.05, 0) is 49.9 Å². The summed E-state index contributed by atoms with van der Waals surface area (Å²) in [5.41, 5.74) is -0.0270. The molecule has 4 aliphatic rings. The Morgan fingerprint density at radius 3 is 2.65 bits per heavy atom. The minimum absolute atomic E-state index is 0.00557. The maximum absolute atomic E-state index is 12.3. The third-order valence-corrected chi connectivity index (χ3v) is 7.29. The van der Waals surface area contributed by atoms with E-state index in [-0.39, 0.29) is 22.9 Å². The van der Waals surface area contributed by atoms with E-state index in [9.17, 15) is 9.59 Å². The highest BCUT2D eigenvalue weighted by Crippen LogP contribution is 2.63. The molecule has 0 aromatic rings. The molecule has 3 nitrogen and oxygen atoms in total. The van der Waals surface area contributed by atoms with Crippen LogP contribution >= 0.6 is 0 Å². The number of esters is 1. The van der Waals surface area contributed by atoms with Crippen molar-refractivity contribution in [2.24, 2.45) is 28.6 Å². The molecule has 0 radical (unpaired) electrons. The van der Waals surface area contributed by atoms with E-state index < -0.39 is 0 Å². The Labute approximate surface area is 120 Å². The highest BCUT2D eigenvalue weighted by atomic mass is 16.6. The van der Waals surface area contributed by atoms with Crippen LogP contribution in [0.5, 0.6) is 0 Å². The number of rotatable bonds is 0. The molecular formula is C17H24O3. The summed E-state index contributed by atoms with van der Waals surface area (Å²) in [7, 11) is 0. The van der Waals surface area contributed by atoms with Crippen LogP contribution in [0.15, 0.2) is 0 Å². The number of fused-ring (bicyclic) bond motifs is 5. The van der Waals surface area contributed by atoms with Gasteiger partial charge in [-0.25, -0.2) is 0 Å². The quantitative estimate of drug-likeness (QED) is 0.638. The second-order valence-electron chi connectivity index (χ2n) is 8.03. The van der Waals surface area contributed by atoms with E-state index in [0.717, 1.165) is 38.5 Å². The van der Waals surface area contributed by atoms with Gasteiger partial charge in [0.2, 0.25) is 0 Å². The molecule has 6 atom stereocenters. The third-order valence-electron chi connectivity index (χ3n) is 7.29. The molecule has 0 spiro atoms. The number of ketones is 1. The molecule has 4 fully saturated rings. The zero-order valence-corrected chi connectivity index (χ0v) is 12.5.